The highest BCUT2D eigenvalue weighted by Gasteiger charge is 2.30. The monoisotopic (exact) mass is 447 g/mol. The number of hydrogen-bond donors (Lipinski definition) is 2. The van der Waals surface area contributed by atoms with Crippen molar-refractivity contribution in [2.24, 2.45) is 5.73 Å². The molecule has 0 spiro atoms. The first-order chi connectivity index (χ1) is 15.6. The molecule has 2 heterocycles. The molecule has 3 N–H and O–H groups in total. The number of carbonyl (C=O) groups excluding carboxylic acids is 1. The SMILES string of the molecule is [C-]#[N+]c1ccc(-c2nc(C(=O)N3CC[C@H](N)C3)c(C)n2-c2ccc(C(C)(C)O)cc2)cc1F. The first-order valence-electron chi connectivity index (χ1n) is 10.7. The maximum atomic E-state index is 14.4. The number of hydrogen-bond acceptors (Lipinski definition) is 4. The van der Waals surface area contributed by atoms with Crippen molar-refractivity contribution >= 4 is 11.6 Å². The van der Waals surface area contributed by atoms with Gasteiger partial charge in [-0.1, -0.05) is 24.3 Å². The minimum Gasteiger partial charge on any atom is -0.386 e. The van der Waals surface area contributed by atoms with Crippen molar-refractivity contribution in [1.82, 2.24) is 14.5 Å². The van der Waals surface area contributed by atoms with Crippen LogP contribution in [0, 0.1) is 19.3 Å². The Labute approximate surface area is 192 Å². The second-order valence-corrected chi connectivity index (χ2v) is 8.89. The molecule has 1 aromatic heterocycles. The molecule has 0 aliphatic carbocycles. The van der Waals surface area contributed by atoms with Gasteiger partial charge in [0, 0.05) is 30.4 Å². The first kappa shape index (κ1) is 22.6. The van der Waals surface area contributed by atoms with Crippen LogP contribution in [0.25, 0.3) is 21.9 Å². The van der Waals surface area contributed by atoms with Crippen molar-refractivity contribution in [2.75, 3.05) is 13.1 Å². The summed E-state index contributed by atoms with van der Waals surface area (Å²) in [5, 5.41) is 10.3. The number of halogens is 1. The Balaban J connectivity index is 1.86. The van der Waals surface area contributed by atoms with Crippen LogP contribution in [-0.2, 0) is 5.60 Å². The minimum atomic E-state index is -1.00. The van der Waals surface area contributed by atoms with E-state index in [0.717, 1.165) is 17.7 Å². The zero-order valence-corrected chi connectivity index (χ0v) is 18.8. The number of rotatable bonds is 4. The van der Waals surface area contributed by atoms with Crippen molar-refractivity contribution in [3.63, 3.8) is 0 Å². The number of amides is 1. The summed E-state index contributed by atoms with van der Waals surface area (Å²) >= 11 is 0. The van der Waals surface area contributed by atoms with Crippen LogP contribution in [0.3, 0.4) is 0 Å². The molecular weight excluding hydrogens is 421 g/mol. The van der Waals surface area contributed by atoms with Gasteiger partial charge in [-0.2, -0.15) is 0 Å². The highest BCUT2D eigenvalue weighted by atomic mass is 19.1. The third-order valence-electron chi connectivity index (χ3n) is 5.98. The van der Waals surface area contributed by atoms with Gasteiger partial charge in [-0.15, -0.1) is 0 Å². The summed E-state index contributed by atoms with van der Waals surface area (Å²) in [6.07, 6.45) is 0.736. The number of imidazole rings is 1. The standard InChI is InChI=1S/C25H26FN5O2/c1-15-22(24(32)30-12-11-18(27)14-30)29-23(16-5-10-21(28-4)20(26)13-16)31(15)19-8-6-17(7-9-19)25(2,3)33/h5-10,13,18,33H,11-12,14,27H2,1-3H3/t18-/m0/s1. The number of nitrogens with two attached hydrogens (primary N) is 1. The summed E-state index contributed by atoms with van der Waals surface area (Å²) in [5.41, 5.74) is 7.70. The van der Waals surface area contributed by atoms with Crippen molar-refractivity contribution in [3.05, 3.63) is 76.7 Å². The fourth-order valence-corrected chi connectivity index (χ4v) is 4.09. The van der Waals surface area contributed by atoms with Crippen LogP contribution in [0.4, 0.5) is 10.1 Å². The molecule has 8 heteroatoms. The Bertz CT molecular complexity index is 1250. The molecule has 3 aromatic rings. The molecule has 1 amide bonds. The summed E-state index contributed by atoms with van der Waals surface area (Å²) in [5.74, 6) is -0.469. The van der Waals surface area contributed by atoms with Crippen molar-refractivity contribution in [3.8, 4) is 17.1 Å². The normalized spacial score (nSPS) is 16.2. The molecule has 0 saturated carbocycles. The van der Waals surface area contributed by atoms with Gasteiger partial charge in [0.15, 0.2) is 0 Å². The third-order valence-corrected chi connectivity index (χ3v) is 5.98. The number of benzene rings is 2. The van der Waals surface area contributed by atoms with E-state index in [2.05, 4.69) is 9.83 Å². The van der Waals surface area contributed by atoms with Gasteiger partial charge >= 0.3 is 0 Å². The molecule has 0 radical (unpaired) electrons. The van der Waals surface area contributed by atoms with E-state index < -0.39 is 11.4 Å². The zero-order valence-electron chi connectivity index (χ0n) is 18.8. The predicted molar refractivity (Wildman–Crippen MR) is 124 cm³/mol. The number of likely N-dealkylation sites (tertiary alicyclic amines) is 1. The molecule has 1 aliphatic heterocycles. The summed E-state index contributed by atoms with van der Waals surface area (Å²) in [6, 6.07) is 11.5. The molecular formula is C25H26FN5O2. The summed E-state index contributed by atoms with van der Waals surface area (Å²) < 4.78 is 16.2. The average Bonchev–Trinajstić information content (AvgIpc) is 3.36. The maximum Gasteiger partial charge on any atom is 0.274 e. The Morgan fingerprint density at radius 1 is 1.27 bits per heavy atom. The lowest BCUT2D eigenvalue weighted by atomic mass is 9.98. The summed E-state index contributed by atoms with van der Waals surface area (Å²) in [4.78, 5) is 22.7. The fourth-order valence-electron chi connectivity index (χ4n) is 4.09. The molecule has 170 valence electrons. The highest BCUT2D eigenvalue weighted by molar-refractivity contribution is 5.94. The van der Waals surface area contributed by atoms with Crippen molar-refractivity contribution < 1.29 is 14.3 Å². The molecule has 0 bridgehead atoms. The Morgan fingerprint density at radius 3 is 2.52 bits per heavy atom. The Kier molecular flexibility index (Phi) is 5.78. The van der Waals surface area contributed by atoms with E-state index in [1.165, 1.54) is 12.1 Å². The largest absolute Gasteiger partial charge is 0.386 e. The van der Waals surface area contributed by atoms with Gasteiger partial charge in [0.05, 0.1) is 17.9 Å². The van der Waals surface area contributed by atoms with Gasteiger partial charge in [-0.3, -0.25) is 9.36 Å². The van der Waals surface area contributed by atoms with Crippen LogP contribution < -0.4 is 5.73 Å². The smallest absolute Gasteiger partial charge is 0.274 e. The predicted octanol–water partition coefficient (Wildman–Crippen LogP) is 3.94. The Morgan fingerprint density at radius 2 is 1.97 bits per heavy atom. The molecule has 7 nitrogen and oxygen atoms in total. The van der Waals surface area contributed by atoms with Crippen LogP contribution in [0.1, 0.15) is 42.0 Å². The van der Waals surface area contributed by atoms with Gasteiger partial charge < -0.3 is 15.7 Å². The zero-order chi connectivity index (χ0) is 23.9. The van der Waals surface area contributed by atoms with E-state index in [-0.39, 0.29) is 23.3 Å². The fraction of sp³-hybridized carbons (Fsp3) is 0.320. The van der Waals surface area contributed by atoms with Crippen LogP contribution >= 0.6 is 0 Å². The van der Waals surface area contributed by atoms with E-state index in [9.17, 15) is 14.3 Å². The van der Waals surface area contributed by atoms with Crippen molar-refractivity contribution in [1.29, 1.82) is 0 Å². The van der Waals surface area contributed by atoms with Crippen molar-refractivity contribution in [2.45, 2.75) is 38.8 Å². The second-order valence-electron chi connectivity index (χ2n) is 8.89. The van der Waals surface area contributed by atoms with Gasteiger partial charge in [-0.05, 0) is 51.0 Å². The summed E-state index contributed by atoms with van der Waals surface area (Å²) in [7, 11) is 0. The lowest BCUT2D eigenvalue weighted by Gasteiger charge is -2.19. The van der Waals surface area contributed by atoms with E-state index in [0.29, 0.717) is 30.2 Å². The van der Waals surface area contributed by atoms with Gasteiger partial charge in [0.1, 0.15) is 17.3 Å². The topological polar surface area (TPSA) is 88.7 Å². The average molecular weight is 448 g/mol. The summed E-state index contributed by atoms with van der Waals surface area (Å²) in [6.45, 7) is 13.3. The lowest BCUT2D eigenvalue weighted by molar-refractivity contribution is 0.0779. The van der Waals surface area contributed by atoms with Crippen LogP contribution in [0.5, 0.6) is 0 Å². The number of aliphatic hydroxyl groups is 1. The van der Waals surface area contributed by atoms with Crippen LogP contribution in [0.2, 0.25) is 0 Å². The van der Waals surface area contributed by atoms with Gasteiger partial charge in [0.25, 0.3) is 5.91 Å². The molecule has 1 saturated heterocycles. The van der Waals surface area contributed by atoms with Crippen LogP contribution in [-0.4, -0.2) is 44.6 Å². The van der Waals surface area contributed by atoms with E-state index >= 15 is 0 Å². The quantitative estimate of drug-likeness (QED) is 0.593. The molecule has 4 rings (SSSR count). The minimum absolute atomic E-state index is 0.0551. The van der Waals surface area contributed by atoms with E-state index in [1.54, 1.807) is 36.3 Å². The highest BCUT2D eigenvalue weighted by Crippen LogP contribution is 2.31. The third kappa shape index (κ3) is 4.25. The van der Waals surface area contributed by atoms with Crippen LogP contribution in [0.15, 0.2) is 42.5 Å². The van der Waals surface area contributed by atoms with Gasteiger partial charge in [-0.25, -0.2) is 14.2 Å². The second kappa shape index (κ2) is 8.43. The molecule has 0 unspecified atom stereocenters. The van der Waals surface area contributed by atoms with E-state index in [1.807, 2.05) is 24.3 Å². The first-order valence-corrected chi connectivity index (χ1v) is 10.7. The molecule has 2 aromatic carbocycles. The molecule has 1 fully saturated rings. The number of nitrogens with zero attached hydrogens (tertiary/aromatic N) is 4. The van der Waals surface area contributed by atoms with E-state index in [4.69, 9.17) is 12.3 Å². The Hall–Kier alpha value is -3.54. The van der Waals surface area contributed by atoms with Gasteiger partial charge in [0.2, 0.25) is 5.69 Å². The molecule has 1 atom stereocenters. The molecule has 1 aliphatic rings. The lowest BCUT2D eigenvalue weighted by Crippen LogP contribution is -2.32. The number of carbonyl (C=O) groups is 1. The molecule has 33 heavy (non-hydrogen) atoms. The maximum absolute atomic E-state index is 14.4. The number of aromatic nitrogens is 2.